The molecule has 30 heavy (non-hydrogen) atoms. The predicted octanol–water partition coefficient (Wildman–Crippen LogP) is 6.24. The quantitative estimate of drug-likeness (QED) is 0.360. The summed E-state index contributed by atoms with van der Waals surface area (Å²) in [5.41, 5.74) is 4.05. The molecule has 0 N–H and O–H groups in total. The van der Waals surface area contributed by atoms with Gasteiger partial charge in [0.1, 0.15) is 0 Å². The Kier molecular flexibility index (Phi) is 6.11. The summed E-state index contributed by atoms with van der Waals surface area (Å²) in [5, 5.41) is 1.33. The summed E-state index contributed by atoms with van der Waals surface area (Å²) >= 11 is 7.61. The fourth-order valence-corrected chi connectivity index (χ4v) is 4.49. The number of pyridine rings is 1. The summed E-state index contributed by atoms with van der Waals surface area (Å²) in [7, 11) is 0. The first-order chi connectivity index (χ1) is 14.5. The molecule has 0 atom stereocenters. The summed E-state index contributed by atoms with van der Waals surface area (Å²) in [4.78, 5) is 23.9. The van der Waals surface area contributed by atoms with Gasteiger partial charge in [0.15, 0.2) is 5.13 Å². The van der Waals surface area contributed by atoms with Crippen LogP contribution in [0, 0.1) is 0 Å². The number of aromatic nitrogens is 2. The topological polar surface area (TPSA) is 46.1 Å². The van der Waals surface area contributed by atoms with E-state index in [0.717, 1.165) is 21.3 Å². The number of halogens is 1. The highest BCUT2D eigenvalue weighted by atomic mass is 35.5. The molecule has 0 saturated heterocycles. The van der Waals surface area contributed by atoms with Crippen molar-refractivity contribution in [3.05, 3.63) is 88.7 Å². The molecule has 6 heteroatoms. The van der Waals surface area contributed by atoms with Gasteiger partial charge in [-0.05, 0) is 46.9 Å². The number of fused-ring (bicyclic) bond motifs is 1. The van der Waals surface area contributed by atoms with E-state index in [2.05, 4.69) is 31.0 Å². The maximum absolute atomic E-state index is 13.3. The van der Waals surface area contributed by atoms with Gasteiger partial charge < -0.3 is 0 Å². The Bertz CT molecular complexity index is 1160. The number of carbonyl (C=O) groups is 1. The second-order valence-corrected chi connectivity index (χ2v) is 8.97. The van der Waals surface area contributed by atoms with Gasteiger partial charge in [-0.25, -0.2) is 4.98 Å². The lowest BCUT2D eigenvalue weighted by molar-refractivity contribution is -0.118. The molecular formula is C24H22ClN3OS. The van der Waals surface area contributed by atoms with E-state index in [4.69, 9.17) is 16.6 Å². The molecule has 0 aliphatic rings. The maximum atomic E-state index is 13.3. The van der Waals surface area contributed by atoms with Crippen molar-refractivity contribution < 1.29 is 4.79 Å². The fraction of sp³-hybridized carbons (Fsp3) is 0.208. The molecule has 1 amide bonds. The van der Waals surface area contributed by atoms with Crippen LogP contribution in [0.3, 0.4) is 0 Å². The molecule has 2 aromatic heterocycles. The van der Waals surface area contributed by atoms with E-state index in [9.17, 15) is 4.79 Å². The van der Waals surface area contributed by atoms with Crippen molar-refractivity contribution in [3.8, 4) is 0 Å². The first kappa shape index (κ1) is 20.5. The fourth-order valence-electron chi connectivity index (χ4n) is 3.23. The smallest absolute Gasteiger partial charge is 0.233 e. The summed E-state index contributed by atoms with van der Waals surface area (Å²) in [6, 6.07) is 17.7. The Balaban J connectivity index is 1.64. The number of thiazole rings is 1. The maximum Gasteiger partial charge on any atom is 0.233 e. The molecule has 2 aromatic carbocycles. The lowest BCUT2D eigenvalue weighted by Gasteiger charge is -2.20. The van der Waals surface area contributed by atoms with E-state index < -0.39 is 0 Å². The van der Waals surface area contributed by atoms with Gasteiger partial charge in [0.05, 0.1) is 23.2 Å². The Morgan fingerprint density at radius 2 is 1.90 bits per heavy atom. The molecule has 0 aliphatic heterocycles. The van der Waals surface area contributed by atoms with Gasteiger partial charge in [-0.1, -0.05) is 67.1 Å². The average molecular weight is 436 g/mol. The minimum atomic E-state index is 0.00121. The molecule has 0 saturated carbocycles. The Hall–Kier alpha value is -2.76. The molecule has 152 valence electrons. The molecule has 0 fully saturated rings. The number of rotatable bonds is 6. The third-order valence-electron chi connectivity index (χ3n) is 4.94. The minimum absolute atomic E-state index is 0.00121. The molecule has 4 aromatic rings. The molecule has 0 aliphatic carbocycles. The van der Waals surface area contributed by atoms with Crippen molar-refractivity contribution in [2.45, 2.75) is 32.7 Å². The Labute approximate surface area is 185 Å². The normalized spacial score (nSPS) is 11.2. The summed E-state index contributed by atoms with van der Waals surface area (Å²) in [6.45, 7) is 4.74. The highest BCUT2D eigenvalue weighted by Gasteiger charge is 2.21. The highest BCUT2D eigenvalue weighted by molar-refractivity contribution is 7.22. The average Bonchev–Trinajstić information content (AvgIpc) is 3.15. The van der Waals surface area contributed by atoms with E-state index in [-0.39, 0.29) is 5.91 Å². The highest BCUT2D eigenvalue weighted by Crippen LogP contribution is 2.32. The second-order valence-electron chi connectivity index (χ2n) is 7.52. The molecule has 2 heterocycles. The molecule has 0 radical (unpaired) electrons. The largest absolute Gasteiger partial charge is 0.283 e. The predicted molar refractivity (Wildman–Crippen MR) is 124 cm³/mol. The van der Waals surface area contributed by atoms with Crippen molar-refractivity contribution in [3.63, 3.8) is 0 Å². The standard InChI is InChI=1S/C24H22ClN3OS/c1-16(2)19-7-5-17(6-8-19)12-23(29)28(15-18-4-3-11-26-14-18)24-27-21-10-9-20(25)13-22(21)30-24/h3-11,13-14,16H,12,15H2,1-2H3. The zero-order valence-corrected chi connectivity index (χ0v) is 18.5. The molecule has 4 nitrogen and oxygen atoms in total. The lowest BCUT2D eigenvalue weighted by atomic mass is 10.0. The molecule has 0 unspecified atom stereocenters. The number of anilines is 1. The van der Waals surface area contributed by atoms with Crippen LogP contribution in [0.2, 0.25) is 5.02 Å². The SMILES string of the molecule is CC(C)c1ccc(CC(=O)N(Cc2cccnc2)c2nc3ccc(Cl)cc3s2)cc1. The van der Waals surface area contributed by atoms with Crippen LogP contribution in [-0.2, 0) is 17.8 Å². The van der Waals surface area contributed by atoms with Crippen LogP contribution in [0.15, 0.2) is 67.0 Å². The van der Waals surface area contributed by atoms with Gasteiger partial charge in [0, 0.05) is 17.4 Å². The van der Waals surface area contributed by atoms with Crippen LogP contribution < -0.4 is 4.90 Å². The monoisotopic (exact) mass is 435 g/mol. The zero-order chi connectivity index (χ0) is 21.1. The van der Waals surface area contributed by atoms with Crippen molar-refractivity contribution in [2.75, 3.05) is 4.90 Å². The first-order valence-corrected chi connectivity index (χ1v) is 11.0. The van der Waals surface area contributed by atoms with Crippen molar-refractivity contribution in [2.24, 2.45) is 0 Å². The molecule has 4 rings (SSSR count). The second kappa shape index (κ2) is 8.94. The van der Waals surface area contributed by atoms with E-state index in [1.165, 1.54) is 16.9 Å². The van der Waals surface area contributed by atoms with Crippen LogP contribution in [0.25, 0.3) is 10.2 Å². The third-order valence-corrected chi connectivity index (χ3v) is 6.21. The first-order valence-electron chi connectivity index (χ1n) is 9.84. The lowest BCUT2D eigenvalue weighted by Crippen LogP contribution is -2.31. The van der Waals surface area contributed by atoms with Crippen LogP contribution in [0.4, 0.5) is 5.13 Å². The van der Waals surface area contributed by atoms with Crippen molar-refractivity contribution >= 4 is 44.2 Å². The van der Waals surface area contributed by atoms with Crippen molar-refractivity contribution in [1.29, 1.82) is 0 Å². The van der Waals surface area contributed by atoms with E-state index in [1.54, 1.807) is 17.3 Å². The van der Waals surface area contributed by atoms with E-state index in [0.29, 0.717) is 29.0 Å². The molecule has 0 bridgehead atoms. The van der Waals surface area contributed by atoms with Gasteiger partial charge in [-0.3, -0.25) is 14.7 Å². The number of hydrogen-bond acceptors (Lipinski definition) is 4. The number of amides is 1. The van der Waals surface area contributed by atoms with Gasteiger partial charge in [0.2, 0.25) is 5.91 Å². The van der Waals surface area contributed by atoms with Gasteiger partial charge >= 0.3 is 0 Å². The number of carbonyl (C=O) groups excluding carboxylic acids is 1. The van der Waals surface area contributed by atoms with Gasteiger partial charge in [-0.15, -0.1) is 0 Å². The van der Waals surface area contributed by atoms with Gasteiger partial charge in [-0.2, -0.15) is 0 Å². The number of hydrogen-bond donors (Lipinski definition) is 0. The third kappa shape index (κ3) is 4.69. The minimum Gasteiger partial charge on any atom is -0.283 e. The Morgan fingerprint density at radius 3 is 2.60 bits per heavy atom. The van der Waals surface area contributed by atoms with E-state index in [1.807, 2.05) is 42.5 Å². The zero-order valence-electron chi connectivity index (χ0n) is 16.9. The molecular weight excluding hydrogens is 414 g/mol. The van der Waals surface area contributed by atoms with Crippen LogP contribution in [0.1, 0.15) is 36.5 Å². The number of benzene rings is 2. The van der Waals surface area contributed by atoms with Crippen LogP contribution >= 0.6 is 22.9 Å². The van der Waals surface area contributed by atoms with Gasteiger partial charge in [0.25, 0.3) is 0 Å². The van der Waals surface area contributed by atoms with Crippen molar-refractivity contribution in [1.82, 2.24) is 9.97 Å². The molecule has 0 spiro atoms. The van der Waals surface area contributed by atoms with E-state index >= 15 is 0 Å². The summed E-state index contributed by atoms with van der Waals surface area (Å²) < 4.78 is 0.961. The summed E-state index contributed by atoms with van der Waals surface area (Å²) in [6.07, 6.45) is 3.82. The summed E-state index contributed by atoms with van der Waals surface area (Å²) in [5.74, 6) is 0.465. The number of nitrogens with zero attached hydrogens (tertiary/aromatic N) is 3. The Morgan fingerprint density at radius 1 is 1.10 bits per heavy atom. The van der Waals surface area contributed by atoms with Crippen LogP contribution in [0.5, 0.6) is 0 Å². The van der Waals surface area contributed by atoms with Crippen LogP contribution in [-0.4, -0.2) is 15.9 Å².